The van der Waals surface area contributed by atoms with Gasteiger partial charge in [-0.25, -0.2) is 0 Å². The Labute approximate surface area is 197 Å². The highest BCUT2D eigenvalue weighted by Gasteiger charge is 2.64. The van der Waals surface area contributed by atoms with E-state index in [4.69, 9.17) is 9.47 Å². The minimum Gasteiger partial charge on any atom is -0.466 e. The number of hydrogen-bond donors (Lipinski definition) is 1. The molecular weight excluding hydrogens is 440 g/mol. The molecule has 1 aromatic carbocycles. The predicted octanol–water partition coefficient (Wildman–Crippen LogP) is 3.77. The smallest absolute Gasteiger partial charge is 0.302 e. The highest BCUT2D eigenvalue weighted by Crippen LogP contribution is 2.71. The molecule has 4 fully saturated rings. The summed E-state index contributed by atoms with van der Waals surface area (Å²) in [6.45, 7) is 4.81. The molecule has 0 saturated heterocycles. The van der Waals surface area contributed by atoms with Gasteiger partial charge >= 0.3 is 11.9 Å². The zero-order valence-corrected chi connectivity index (χ0v) is 19.6. The SMILES string of the molecule is CC(=O)Nc1cc2c(cc1[N+](=O)[O-])[C@H]1C[C@@H]2[C@@H]2[C@@H]3CC[C@@H]([C@@H](COC(C)=O)[C@@H]3COC(C)=O)[C@@H]21. The second-order valence-electron chi connectivity index (χ2n) is 10.4. The lowest BCUT2D eigenvalue weighted by atomic mass is 9.47. The summed E-state index contributed by atoms with van der Waals surface area (Å²) in [6, 6.07) is 3.48. The molecule has 0 heterocycles. The van der Waals surface area contributed by atoms with Crippen LogP contribution in [0.5, 0.6) is 0 Å². The second-order valence-corrected chi connectivity index (χ2v) is 10.4. The van der Waals surface area contributed by atoms with Crippen molar-refractivity contribution in [1.29, 1.82) is 0 Å². The molecule has 1 aromatic rings. The third kappa shape index (κ3) is 3.56. The monoisotopic (exact) mass is 470 g/mol. The topological polar surface area (TPSA) is 125 Å². The van der Waals surface area contributed by atoms with Gasteiger partial charge in [-0.15, -0.1) is 0 Å². The van der Waals surface area contributed by atoms with Crippen molar-refractivity contribution in [3.63, 3.8) is 0 Å². The fraction of sp³-hybridized carbons (Fsp3) is 0.640. The van der Waals surface area contributed by atoms with Crippen LogP contribution in [0.25, 0.3) is 0 Å². The molecule has 1 N–H and O–H groups in total. The number of esters is 2. The number of rotatable bonds is 6. The molecule has 34 heavy (non-hydrogen) atoms. The third-order valence-corrected chi connectivity index (χ3v) is 8.82. The zero-order chi connectivity index (χ0) is 24.3. The predicted molar refractivity (Wildman–Crippen MR) is 121 cm³/mol. The van der Waals surface area contributed by atoms with E-state index in [1.165, 1.54) is 20.8 Å². The lowest BCUT2D eigenvalue weighted by Gasteiger charge is -2.58. The number of fused-ring (bicyclic) bond motifs is 7. The van der Waals surface area contributed by atoms with Gasteiger partial charge in [0.15, 0.2) is 0 Å². The first-order chi connectivity index (χ1) is 16.2. The molecule has 0 radical (unpaired) electrons. The first kappa shape index (κ1) is 22.8. The van der Waals surface area contributed by atoms with Crippen molar-refractivity contribution in [3.8, 4) is 0 Å². The molecular formula is C25H30N2O7. The molecule has 0 aromatic heterocycles. The Morgan fingerprint density at radius 3 is 1.88 bits per heavy atom. The number of nitro groups is 1. The maximum atomic E-state index is 11.8. The summed E-state index contributed by atoms with van der Waals surface area (Å²) >= 11 is 0. The van der Waals surface area contributed by atoms with Crippen molar-refractivity contribution in [1.82, 2.24) is 0 Å². The highest BCUT2D eigenvalue weighted by molar-refractivity contribution is 5.91. The van der Waals surface area contributed by atoms with Crippen LogP contribution in [0.2, 0.25) is 0 Å². The summed E-state index contributed by atoms with van der Waals surface area (Å²) in [5, 5.41) is 14.4. The van der Waals surface area contributed by atoms with Crippen LogP contribution in [-0.2, 0) is 23.9 Å². The number of carbonyl (C=O) groups is 3. The highest BCUT2D eigenvalue weighted by atomic mass is 16.6. The maximum absolute atomic E-state index is 11.8. The van der Waals surface area contributed by atoms with Crippen molar-refractivity contribution in [2.45, 2.75) is 51.9 Å². The Hall–Kier alpha value is -2.97. The minimum atomic E-state index is -0.430. The Morgan fingerprint density at radius 1 is 0.941 bits per heavy atom. The molecule has 5 aliphatic rings. The van der Waals surface area contributed by atoms with Crippen molar-refractivity contribution in [3.05, 3.63) is 33.4 Å². The Kier molecular flexibility index (Phi) is 5.61. The van der Waals surface area contributed by atoms with Crippen LogP contribution < -0.4 is 5.32 Å². The quantitative estimate of drug-likeness (QED) is 0.381. The van der Waals surface area contributed by atoms with Gasteiger partial charge in [0, 0.05) is 38.7 Å². The van der Waals surface area contributed by atoms with Gasteiger partial charge in [-0.1, -0.05) is 0 Å². The summed E-state index contributed by atoms with van der Waals surface area (Å²) in [6.07, 6.45) is 3.01. The summed E-state index contributed by atoms with van der Waals surface area (Å²) in [5.74, 6) is 1.17. The molecule has 0 aliphatic heterocycles. The molecule has 182 valence electrons. The largest absolute Gasteiger partial charge is 0.466 e. The average molecular weight is 471 g/mol. The summed E-state index contributed by atoms with van der Waals surface area (Å²) in [7, 11) is 0. The zero-order valence-electron chi connectivity index (χ0n) is 19.6. The number of hydrogen-bond acceptors (Lipinski definition) is 7. The third-order valence-electron chi connectivity index (χ3n) is 8.82. The van der Waals surface area contributed by atoms with E-state index >= 15 is 0 Å². The van der Waals surface area contributed by atoms with Gasteiger partial charge in [-0.3, -0.25) is 24.5 Å². The van der Waals surface area contributed by atoms with Crippen molar-refractivity contribution in [2.24, 2.45) is 35.5 Å². The Balaban J connectivity index is 1.52. The molecule has 0 unspecified atom stereocenters. The van der Waals surface area contributed by atoms with Gasteiger partial charge in [0.05, 0.1) is 18.1 Å². The summed E-state index contributed by atoms with van der Waals surface area (Å²) in [4.78, 5) is 46.2. The number of nitrogens with zero attached hydrogens (tertiary/aromatic N) is 1. The minimum absolute atomic E-state index is 0.0665. The van der Waals surface area contributed by atoms with Gasteiger partial charge < -0.3 is 14.8 Å². The van der Waals surface area contributed by atoms with E-state index in [1.54, 1.807) is 6.07 Å². The van der Waals surface area contributed by atoms with Crippen LogP contribution in [0.15, 0.2) is 12.1 Å². The molecule has 5 aliphatic carbocycles. The molecule has 1 amide bonds. The van der Waals surface area contributed by atoms with E-state index in [1.807, 2.05) is 6.07 Å². The van der Waals surface area contributed by atoms with Crippen LogP contribution in [-0.4, -0.2) is 36.0 Å². The number of amides is 1. The number of ether oxygens (including phenoxy) is 2. The summed E-state index contributed by atoms with van der Waals surface area (Å²) < 4.78 is 10.9. The van der Waals surface area contributed by atoms with Crippen molar-refractivity contribution < 1.29 is 28.8 Å². The second kappa shape index (κ2) is 8.36. The summed E-state index contributed by atoms with van der Waals surface area (Å²) in [5.41, 5.74) is 2.33. The molecule has 9 nitrogen and oxygen atoms in total. The number of nitrogens with one attached hydrogen (secondary N) is 1. The standard InChI is InChI=1S/C25H30N2O7/c1-11(28)26-22-7-16-17(8-23(22)27(31)32)19-6-18(16)24-14-4-5-15(25(19)24)21(10-34-13(3)30)20(14)9-33-12(2)29/h7-8,14-15,18-21,24-25H,4-6,9-10H2,1-3H3,(H,26,28)/t14-,15+,18+,19-,20-,21-,24+,25-/m1/s1. The van der Waals surface area contributed by atoms with E-state index in [0.29, 0.717) is 36.9 Å². The van der Waals surface area contributed by atoms with E-state index in [9.17, 15) is 24.5 Å². The van der Waals surface area contributed by atoms with Crippen molar-refractivity contribution >= 4 is 29.2 Å². The molecule has 4 bridgehead atoms. The lowest BCUT2D eigenvalue weighted by Crippen LogP contribution is -2.54. The van der Waals surface area contributed by atoms with Gasteiger partial charge in [-0.2, -0.15) is 0 Å². The Bertz CT molecular complexity index is 1070. The van der Waals surface area contributed by atoms with Crippen LogP contribution in [0.4, 0.5) is 11.4 Å². The number of nitro benzene ring substituents is 1. The van der Waals surface area contributed by atoms with Crippen LogP contribution in [0.1, 0.15) is 63.0 Å². The molecule has 4 saturated carbocycles. The fourth-order valence-electron chi connectivity index (χ4n) is 7.99. The van der Waals surface area contributed by atoms with Crippen LogP contribution >= 0.6 is 0 Å². The van der Waals surface area contributed by atoms with Gasteiger partial charge in [0.25, 0.3) is 5.69 Å². The molecule has 9 heteroatoms. The fourth-order valence-corrected chi connectivity index (χ4v) is 7.99. The molecule has 8 atom stereocenters. The van der Waals surface area contributed by atoms with E-state index in [-0.39, 0.29) is 52.9 Å². The molecule has 0 spiro atoms. The van der Waals surface area contributed by atoms with E-state index in [0.717, 1.165) is 30.4 Å². The van der Waals surface area contributed by atoms with Crippen LogP contribution in [0, 0.1) is 45.6 Å². The van der Waals surface area contributed by atoms with Crippen LogP contribution in [0.3, 0.4) is 0 Å². The average Bonchev–Trinajstić information content (AvgIpc) is 3.33. The lowest BCUT2D eigenvalue weighted by molar-refractivity contribution is -0.384. The Morgan fingerprint density at radius 2 is 1.44 bits per heavy atom. The first-order valence-corrected chi connectivity index (χ1v) is 12.0. The van der Waals surface area contributed by atoms with E-state index < -0.39 is 4.92 Å². The van der Waals surface area contributed by atoms with E-state index in [2.05, 4.69) is 5.32 Å². The van der Waals surface area contributed by atoms with Crippen molar-refractivity contribution in [2.75, 3.05) is 18.5 Å². The van der Waals surface area contributed by atoms with Gasteiger partial charge in [-0.05, 0) is 72.0 Å². The normalized spacial score (nSPS) is 34.2. The number of anilines is 1. The number of benzene rings is 1. The van der Waals surface area contributed by atoms with Gasteiger partial charge in [0.2, 0.25) is 5.91 Å². The van der Waals surface area contributed by atoms with Gasteiger partial charge in [0.1, 0.15) is 5.69 Å². The maximum Gasteiger partial charge on any atom is 0.302 e. The first-order valence-electron chi connectivity index (χ1n) is 12.0. The molecule has 6 rings (SSSR count). The number of carbonyl (C=O) groups excluding carboxylic acids is 3.